The Morgan fingerprint density at radius 1 is 0.476 bits per heavy atom. The van der Waals surface area contributed by atoms with E-state index in [0.29, 0.717) is 45.3 Å². The summed E-state index contributed by atoms with van der Waals surface area (Å²) in [5.74, 6) is 2.47. The van der Waals surface area contributed by atoms with Crippen LogP contribution in [0.15, 0.2) is 132 Å². The molecule has 7 nitrogen and oxygen atoms in total. The van der Waals surface area contributed by atoms with E-state index in [0.717, 1.165) is 0 Å². The Morgan fingerprint density at radius 2 is 0.810 bits per heavy atom. The Hall–Kier alpha value is -4.79. The summed E-state index contributed by atoms with van der Waals surface area (Å²) in [6.07, 6.45) is -1.09. The number of hydrogen-bond donors (Lipinski definition) is 1. The van der Waals surface area contributed by atoms with E-state index < -0.39 is 22.7 Å². The van der Waals surface area contributed by atoms with Gasteiger partial charge in [-0.05, 0) is 59.7 Å². The van der Waals surface area contributed by atoms with Crippen molar-refractivity contribution in [2.75, 3.05) is 0 Å². The van der Waals surface area contributed by atoms with Gasteiger partial charge in [0.2, 0.25) is 12.6 Å². The van der Waals surface area contributed by atoms with Gasteiger partial charge >= 0.3 is 0 Å². The predicted octanol–water partition coefficient (Wildman–Crippen LogP) is 7.87. The lowest BCUT2D eigenvalue weighted by molar-refractivity contribution is 0.0219. The lowest BCUT2D eigenvalue weighted by atomic mass is 9.98. The second kappa shape index (κ2) is 12.8. The Morgan fingerprint density at radius 3 is 1.14 bits per heavy atom. The van der Waals surface area contributed by atoms with Crippen molar-refractivity contribution < 1.29 is 31.9 Å². The van der Waals surface area contributed by atoms with Gasteiger partial charge in [0.25, 0.3) is 10.1 Å². The highest BCUT2D eigenvalue weighted by Gasteiger charge is 2.22. The van der Waals surface area contributed by atoms with Crippen LogP contribution in [0.25, 0.3) is 22.3 Å². The maximum atomic E-state index is 12.7. The minimum Gasteiger partial charge on any atom is -0.455 e. The largest absolute Gasteiger partial charge is 0.455 e. The zero-order valence-corrected chi connectivity index (χ0v) is 23.9. The van der Waals surface area contributed by atoms with Crippen molar-refractivity contribution in [1.29, 1.82) is 0 Å². The maximum Gasteiger partial charge on any atom is 0.295 e. The van der Waals surface area contributed by atoms with E-state index in [1.165, 1.54) is 0 Å². The quantitative estimate of drug-likeness (QED) is 0.125. The van der Waals surface area contributed by atoms with Crippen LogP contribution in [0.1, 0.15) is 13.8 Å². The molecule has 0 bridgehead atoms. The SMILES string of the molecule is CC(Oc1ccccc1)Oc1ccc(-c2cccc(-c3ccc(OC(C)Oc4ccccc4)cc3)c2S(=O)(=O)O)cc1. The summed E-state index contributed by atoms with van der Waals surface area (Å²) >= 11 is 0. The molecule has 2 unspecified atom stereocenters. The molecule has 5 aromatic rings. The Labute approximate surface area is 245 Å². The fourth-order valence-electron chi connectivity index (χ4n) is 4.51. The molecular weight excluding hydrogens is 552 g/mol. The van der Waals surface area contributed by atoms with Gasteiger partial charge in [-0.3, -0.25) is 4.55 Å². The van der Waals surface area contributed by atoms with Crippen molar-refractivity contribution in [2.45, 2.75) is 31.3 Å². The van der Waals surface area contributed by atoms with Crippen molar-refractivity contribution in [3.05, 3.63) is 127 Å². The number of rotatable bonds is 11. The molecule has 0 spiro atoms. The normalized spacial score (nSPS) is 12.6. The third-order valence-corrected chi connectivity index (χ3v) is 7.25. The average Bonchev–Trinajstić information content (AvgIpc) is 2.98. The van der Waals surface area contributed by atoms with Crippen LogP contribution in [-0.2, 0) is 10.1 Å². The summed E-state index contributed by atoms with van der Waals surface area (Å²) < 4.78 is 58.9. The lowest BCUT2D eigenvalue weighted by Gasteiger charge is -2.18. The molecule has 0 saturated carbocycles. The molecule has 2 atom stereocenters. The Balaban J connectivity index is 1.35. The highest BCUT2D eigenvalue weighted by atomic mass is 32.2. The fourth-order valence-corrected chi connectivity index (χ4v) is 5.44. The van der Waals surface area contributed by atoms with Crippen LogP contribution in [0.3, 0.4) is 0 Å². The molecule has 0 aromatic heterocycles. The first-order valence-electron chi connectivity index (χ1n) is 13.3. The summed E-state index contributed by atoms with van der Waals surface area (Å²) in [4.78, 5) is -0.186. The van der Waals surface area contributed by atoms with Crippen molar-refractivity contribution in [3.63, 3.8) is 0 Å². The minimum atomic E-state index is -4.59. The first-order chi connectivity index (χ1) is 20.3. The van der Waals surface area contributed by atoms with Crippen molar-refractivity contribution in [1.82, 2.24) is 0 Å². The molecule has 0 aliphatic heterocycles. The molecule has 0 amide bonds. The van der Waals surface area contributed by atoms with Crippen LogP contribution >= 0.6 is 0 Å². The first kappa shape index (κ1) is 28.7. The molecule has 0 fully saturated rings. The maximum absolute atomic E-state index is 12.7. The van der Waals surface area contributed by atoms with Gasteiger partial charge in [-0.2, -0.15) is 8.42 Å². The van der Waals surface area contributed by atoms with E-state index in [1.54, 1.807) is 80.6 Å². The molecule has 0 heterocycles. The van der Waals surface area contributed by atoms with Crippen LogP contribution in [0.4, 0.5) is 0 Å². The zero-order valence-electron chi connectivity index (χ0n) is 23.1. The van der Waals surface area contributed by atoms with Crippen LogP contribution < -0.4 is 18.9 Å². The molecule has 0 aliphatic rings. The predicted molar refractivity (Wildman–Crippen MR) is 161 cm³/mol. The highest BCUT2D eigenvalue weighted by Crippen LogP contribution is 2.37. The van der Waals surface area contributed by atoms with E-state index in [1.807, 2.05) is 60.7 Å². The van der Waals surface area contributed by atoms with E-state index in [-0.39, 0.29) is 4.90 Å². The molecule has 0 aliphatic carbocycles. The zero-order chi connectivity index (χ0) is 29.5. The number of benzene rings is 5. The van der Waals surface area contributed by atoms with Gasteiger partial charge in [0, 0.05) is 25.0 Å². The third kappa shape index (κ3) is 7.28. The molecule has 8 heteroatoms. The first-order valence-corrected chi connectivity index (χ1v) is 14.8. The smallest absolute Gasteiger partial charge is 0.295 e. The van der Waals surface area contributed by atoms with E-state index in [4.69, 9.17) is 18.9 Å². The van der Waals surface area contributed by atoms with Crippen molar-refractivity contribution in [3.8, 4) is 45.3 Å². The average molecular weight is 583 g/mol. The molecule has 214 valence electrons. The summed E-state index contributed by atoms with van der Waals surface area (Å²) in [5, 5.41) is 0. The molecule has 5 aromatic carbocycles. The molecule has 42 heavy (non-hydrogen) atoms. The van der Waals surface area contributed by atoms with Gasteiger partial charge in [-0.1, -0.05) is 78.9 Å². The standard InChI is InChI=1S/C34H30O7S/c1-24(38-28-10-5-3-6-11-28)40-30-20-16-26(17-21-30)32-14-9-15-33(34(32)42(35,36)37)27-18-22-31(23-19-27)41-25(2)39-29-12-7-4-8-13-29/h3-25H,1-2H3,(H,35,36,37). The Kier molecular flexibility index (Phi) is 8.76. The molecule has 5 rings (SSSR count). The van der Waals surface area contributed by atoms with Crippen molar-refractivity contribution in [2.24, 2.45) is 0 Å². The highest BCUT2D eigenvalue weighted by molar-refractivity contribution is 7.86. The monoisotopic (exact) mass is 582 g/mol. The van der Waals surface area contributed by atoms with Gasteiger partial charge in [0.15, 0.2) is 0 Å². The second-order valence-electron chi connectivity index (χ2n) is 9.44. The summed E-state index contributed by atoms with van der Waals surface area (Å²) in [6, 6.07) is 37.6. The Bertz CT molecular complexity index is 1590. The van der Waals surface area contributed by atoms with E-state index in [2.05, 4.69) is 0 Å². The van der Waals surface area contributed by atoms with Crippen LogP contribution in [0.5, 0.6) is 23.0 Å². The van der Waals surface area contributed by atoms with Crippen molar-refractivity contribution >= 4 is 10.1 Å². The summed E-state index contributed by atoms with van der Waals surface area (Å²) in [5.41, 5.74) is 1.92. The number of ether oxygens (including phenoxy) is 4. The summed E-state index contributed by atoms with van der Waals surface area (Å²) in [7, 11) is -4.59. The molecule has 1 N–H and O–H groups in total. The van der Waals surface area contributed by atoms with Crippen LogP contribution in [0.2, 0.25) is 0 Å². The van der Waals surface area contributed by atoms with Gasteiger partial charge in [0.1, 0.15) is 27.9 Å². The lowest BCUT2D eigenvalue weighted by Crippen LogP contribution is -2.19. The minimum absolute atomic E-state index is 0.186. The third-order valence-electron chi connectivity index (χ3n) is 6.30. The second-order valence-corrected chi connectivity index (χ2v) is 10.8. The summed E-state index contributed by atoms with van der Waals surface area (Å²) in [6.45, 7) is 3.57. The van der Waals surface area contributed by atoms with Gasteiger partial charge in [-0.25, -0.2) is 0 Å². The number of para-hydroxylation sites is 2. The van der Waals surface area contributed by atoms with Crippen LogP contribution in [0, 0.1) is 0 Å². The topological polar surface area (TPSA) is 91.3 Å². The van der Waals surface area contributed by atoms with Gasteiger partial charge < -0.3 is 18.9 Å². The molecule has 0 radical (unpaired) electrons. The van der Waals surface area contributed by atoms with Crippen LogP contribution in [-0.4, -0.2) is 25.6 Å². The van der Waals surface area contributed by atoms with E-state index >= 15 is 0 Å². The van der Waals surface area contributed by atoms with E-state index in [9.17, 15) is 13.0 Å². The molecular formula is C34H30O7S. The van der Waals surface area contributed by atoms with Gasteiger partial charge in [0.05, 0.1) is 0 Å². The van der Waals surface area contributed by atoms with Gasteiger partial charge in [-0.15, -0.1) is 0 Å². The fraction of sp³-hybridized carbons (Fsp3) is 0.118. The molecule has 0 saturated heterocycles. The number of hydrogen-bond acceptors (Lipinski definition) is 6.